The first-order valence-corrected chi connectivity index (χ1v) is 11.2. The van der Waals surface area contributed by atoms with Gasteiger partial charge >= 0.3 is 6.18 Å². The molecule has 0 amide bonds. The van der Waals surface area contributed by atoms with Gasteiger partial charge in [-0.3, -0.25) is 14.6 Å². The number of alkyl halides is 3. The van der Waals surface area contributed by atoms with Gasteiger partial charge in [-0.05, 0) is 62.6 Å². The van der Waals surface area contributed by atoms with Gasteiger partial charge in [0.25, 0.3) is 0 Å². The predicted molar refractivity (Wildman–Crippen MR) is 123 cm³/mol. The number of hydrogen-bond donors (Lipinski definition) is 2. The van der Waals surface area contributed by atoms with Gasteiger partial charge in [-0.25, -0.2) is 4.99 Å². The molecule has 0 spiro atoms. The average molecular weight is 463 g/mol. The van der Waals surface area contributed by atoms with Gasteiger partial charge in [0.15, 0.2) is 0 Å². The Bertz CT molecular complexity index is 905. The smallest absolute Gasteiger partial charge is 0.367 e. The monoisotopic (exact) mass is 462 g/mol. The molecule has 2 unspecified atom stereocenters. The summed E-state index contributed by atoms with van der Waals surface area (Å²) >= 11 is 0. The van der Waals surface area contributed by atoms with Crippen molar-refractivity contribution in [3.63, 3.8) is 0 Å². The third kappa shape index (κ3) is 7.27. The molecule has 2 saturated carbocycles. The third-order valence-electron chi connectivity index (χ3n) is 6.08. The molecule has 2 fully saturated rings. The van der Waals surface area contributed by atoms with Crippen LogP contribution in [0.2, 0.25) is 0 Å². The fourth-order valence-corrected chi connectivity index (χ4v) is 4.11. The van der Waals surface area contributed by atoms with Crippen LogP contribution in [0.25, 0.3) is 0 Å². The summed E-state index contributed by atoms with van der Waals surface area (Å²) in [6.07, 6.45) is 2.24. The van der Waals surface area contributed by atoms with Crippen molar-refractivity contribution in [2.45, 2.75) is 57.2 Å². The molecule has 9 heteroatoms. The van der Waals surface area contributed by atoms with E-state index in [0.29, 0.717) is 36.6 Å². The number of carbonyl (C=O) groups is 2. The van der Waals surface area contributed by atoms with Crippen LogP contribution in [0.4, 0.5) is 18.9 Å². The fraction of sp³-hybridized carbons (Fsp3) is 0.500. The minimum atomic E-state index is -4.67. The SMILES string of the molecule is C=N/C=C(\C(=N/CNc1ccc(C=O)cc1)NC1CCCCC1CC(=O)C1CC1)C(F)(F)F. The molecular formula is C24H29F3N4O2. The van der Waals surface area contributed by atoms with E-state index in [2.05, 4.69) is 27.3 Å². The molecular weight excluding hydrogens is 433 g/mol. The molecule has 3 rings (SSSR count). The first-order chi connectivity index (χ1) is 15.8. The Kier molecular flexibility index (Phi) is 8.41. The lowest BCUT2D eigenvalue weighted by molar-refractivity contribution is -0.121. The number of aliphatic imine (C=N–C) groups is 2. The van der Waals surface area contributed by atoms with Crippen molar-refractivity contribution < 1.29 is 22.8 Å². The maximum Gasteiger partial charge on any atom is 0.421 e. The number of hydrogen-bond acceptors (Lipinski definition) is 5. The van der Waals surface area contributed by atoms with E-state index < -0.39 is 11.7 Å². The van der Waals surface area contributed by atoms with E-state index in [1.54, 1.807) is 24.3 Å². The maximum absolute atomic E-state index is 13.8. The van der Waals surface area contributed by atoms with Gasteiger partial charge in [0, 0.05) is 35.8 Å². The van der Waals surface area contributed by atoms with E-state index in [-0.39, 0.29) is 36.2 Å². The zero-order valence-corrected chi connectivity index (χ0v) is 18.4. The Morgan fingerprint density at radius 2 is 1.82 bits per heavy atom. The summed E-state index contributed by atoms with van der Waals surface area (Å²) in [4.78, 5) is 30.7. The van der Waals surface area contributed by atoms with Crippen LogP contribution in [0.1, 0.15) is 55.3 Å². The summed E-state index contributed by atoms with van der Waals surface area (Å²) in [7, 11) is 0. The van der Waals surface area contributed by atoms with Crippen LogP contribution >= 0.6 is 0 Å². The van der Waals surface area contributed by atoms with E-state index >= 15 is 0 Å². The number of halogens is 3. The zero-order valence-electron chi connectivity index (χ0n) is 18.4. The third-order valence-corrected chi connectivity index (χ3v) is 6.08. The molecule has 0 radical (unpaired) electrons. The molecule has 2 aliphatic carbocycles. The zero-order chi connectivity index (χ0) is 23.8. The molecule has 0 aromatic heterocycles. The van der Waals surface area contributed by atoms with Crippen molar-refractivity contribution in [3.8, 4) is 0 Å². The second kappa shape index (κ2) is 11.2. The van der Waals surface area contributed by atoms with Crippen molar-refractivity contribution in [2.75, 3.05) is 12.0 Å². The van der Waals surface area contributed by atoms with Crippen molar-refractivity contribution in [3.05, 3.63) is 41.6 Å². The van der Waals surface area contributed by atoms with Gasteiger partial charge in [0.05, 0.1) is 0 Å². The molecule has 0 aliphatic heterocycles. The lowest BCUT2D eigenvalue weighted by atomic mass is 9.80. The van der Waals surface area contributed by atoms with Crippen LogP contribution in [-0.4, -0.2) is 43.5 Å². The fourth-order valence-electron chi connectivity index (χ4n) is 4.11. The highest BCUT2D eigenvalue weighted by atomic mass is 19.4. The number of nitrogens with one attached hydrogen (secondary N) is 2. The van der Waals surface area contributed by atoms with Crippen LogP contribution in [0.3, 0.4) is 0 Å². The summed E-state index contributed by atoms with van der Waals surface area (Å²) < 4.78 is 41.3. The van der Waals surface area contributed by atoms with Crippen LogP contribution < -0.4 is 10.6 Å². The number of anilines is 1. The van der Waals surface area contributed by atoms with Crippen LogP contribution in [0.15, 0.2) is 46.0 Å². The highest BCUT2D eigenvalue weighted by molar-refractivity contribution is 5.99. The molecule has 178 valence electrons. The molecule has 2 aliphatic rings. The number of rotatable bonds is 10. The second-order valence-corrected chi connectivity index (χ2v) is 8.54. The Morgan fingerprint density at radius 3 is 2.42 bits per heavy atom. The summed E-state index contributed by atoms with van der Waals surface area (Å²) in [6, 6.07) is 6.23. The molecule has 6 nitrogen and oxygen atoms in total. The topological polar surface area (TPSA) is 82.9 Å². The van der Waals surface area contributed by atoms with E-state index in [4.69, 9.17) is 0 Å². The van der Waals surface area contributed by atoms with Crippen molar-refractivity contribution in [1.82, 2.24) is 5.32 Å². The highest BCUT2D eigenvalue weighted by Crippen LogP contribution is 2.36. The number of amidine groups is 1. The first-order valence-electron chi connectivity index (χ1n) is 11.2. The minimum Gasteiger partial charge on any atom is -0.367 e. The van der Waals surface area contributed by atoms with Gasteiger partial charge in [0.2, 0.25) is 0 Å². The van der Waals surface area contributed by atoms with Gasteiger partial charge in [-0.15, -0.1) is 0 Å². The van der Waals surface area contributed by atoms with E-state index in [1.807, 2.05) is 0 Å². The van der Waals surface area contributed by atoms with Crippen molar-refractivity contribution >= 4 is 30.3 Å². The predicted octanol–water partition coefficient (Wildman–Crippen LogP) is 4.93. The van der Waals surface area contributed by atoms with E-state index in [0.717, 1.165) is 32.1 Å². The highest BCUT2D eigenvalue weighted by Gasteiger charge is 2.40. The minimum absolute atomic E-state index is 0.0212. The molecule has 1 aromatic carbocycles. The molecule has 0 saturated heterocycles. The van der Waals surface area contributed by atoms with Crippen LogP contribution in [-0.2, 0) is 4.79 Å². The second-order valence-electron chi connectivity index (χ2n) is 8.54. The number of ketones is 1. The van der Waals surface area contributed by atoms with Crippen LogP contribution in [0.5, 0.6) is 0 Å². The Balaban J connectivity index is 1.77. The number of aldehydes is 1. The number of Topliss-reactive ketones (excluding diaryl/α,β-unsaturated/α-hetero) is 1. The summed E-state index contributed by atoms with van der Waals surface area (Å²) in [5.41, 5.74) is 0.108. The van der Waals surface area contributed by atoms with Gasteiger partial charge in [-0.1, -0.05) is 12.8 Å². The summed E-state index contributed by atoms with van der Waals surface area (Å²) in [5, 5.41) is 5.94. The Morgan fingerprint density at radius 1 is 1.12 bits per heavy atom. The number of nitrogens with zero attached hydrogens (tertiary/aromatic N) is 2. The molecule has 0 bridgehead atoms. The number of benzene rings is 1. The largest absolute Gasteiger partial charge is 0.421 e. The molecule has 0 heterocycles. The quantitative estimate of drug-likeness (QED) is 0.293. The van der Waals surface area contributed by atoms with E-state index in [9.17, 15) is 22.8 Å². The number of carbonyl (C=O) groups excluding carboxylic acids is 2. The Hall–Kier alpha value is -2.97. The van der Waals surface area contributed by atoms with Crippen LogP contribution in [0, 0.1) is 11.8 Å². The van der Waals surface area contributed by atoms with Crippen molar-refractivity contribution in [2.24, 2.45) is 21.8 Å². The summed E-state index contributed by atoms with van der Waals surface area (Å²) in [5.74, 6) is 0.00726. The average Bonchev–Trinajstić information content (AvgIpc) is 3.63. The van der Waals surface area contributed by atoms with Crippen molar-refractivity contribution in [1.29, 1.82) is 0 Å². The first kappa shape index (κ1) is 24.7. The van der Waals surface area contributed by atoms with Gasteiger partial charge in [-0.2, -0.15) is 13.2 Å². The lowest BCUT2D eigenvalue weighted by Crippen LogP contribution is -2.45. The normalized spacial score (nSPS) is 21.9. The molecule has 2 N–H and O–H groups in total. The molecule has 33 heavy (non-hydrogen) atoms. The maximum atomic E-state index is 13.8. The van der Waals surface area contributed by atoms with E-state index in [1.165, 1.54) is 0 Å². The van der Waals surface area contributed by atoms with Gasteiger partial charge in [0.1, 0.15) is 30.1 Å². The summed E-state index contributed by atoms with van der Waals surface area (Å²) in [6.45, 7) is 3.05. The standard InChI is InChI=1S/C24H29F3N4O2/c1-28-13-20(24(25,26)27)23(30-15-29-19-10-6-16(14-32)7-11-19)31-21-5-3-2-4-18(21)12-22(33)17-8-9-17/h6-7,10-11,13-14,17-18,21,29H,1-5,8-9,12,15H2,(H,30,31)/b20-13+. The lowest BCUT2D eigenvalue weighted by Gasteiger charge is -2.33. The van der Waals surface area contributed by atoms with Gasteiger partial charge < -0.3 is 10.6 Å². The molecule has 1 aromatic rings. The molecule has 2 atom stereocenters. The Labute approximate surface area is 191 Å².